The van der Waals surface area contributed by atoms with E-state index in [0.29, 0.717) is 12.8 Å². The SMILES string of the molecule is COc1cccc([C@H]2CCCN2C(=O)Cc2ccc(N3CCCC3=O)cc2)c1. The zero-order chi connectivity index (χ0) is 19.5. The van der Waals surface area contributed by atoms with Gasteiger partial charge in [-0.25, -0.2) is 0 Å². The highest BCUT2D eigenvalue weighted by molar-refractivity contribution is 5.95. The Morgan fingerprint density at radius 1 is 1.11 bits per heavy atom. The van der Waals surface area contributed by atoms with E-state index in [1.54, 1.807) is 7.11 Å². The number of carbonyl (C=O) groups excluding carboxylic acids is 2. The maximum Gasteiger partial charge on any atom is 0.227 e. The second-order valence-electron chi connectivity index (χ2n) is 7.51. The molecule has 4 rings (SSSR count). The van der Waals surface area contributed by atoms with Crippen molar-refractivity contribution in [1.29, 1.82) is 0 Å². The Labute approximate surface area is 165 Å². The van der Waals surface area contributed by atoms with Crippen LogP contribution in [0.2, 0.25) is 0 Å². The van der Waals surface area contributed by atoms with Gasteiger partial charge in [0.25, 0.3) is 0 Å². The summed E-state index contributed by atoms with van der Waals surface area (Å²) >= 11 is 0. The van der Waals surface area contributed by atoms with E-state index in [-0.39, 0.29) is 17.9 Å². The van der Waals surface area contributed by atoms with Crippen molar-refractivity contribution in [2.45, 2.75) is 38.1 Å². The number of rotatable bonds is 5. The topological polar surface area (TPSA) is 49.9 Å². The monoisotopic (exact) mass is 378 g/mol. The second-order valence-corrected chi connectivity index (χ2v) is 7.51. The summed E-state index contributed by atoms with van der Waals surface area (Å²) in [5, 5.41) is 0. The Morgan fingerprint density at radius 3 is 2.64 bits per heavy atom. The van der Waals surface area contributed by atoms with Gasteiger partial charge in [0.05, 0.1) is 19.6 Å². The van der Waals surface area contributed by atoms with Gasteiger partial charge < -0.3 is 14.5 Å². The minimum absolute atomic E-state index is 0.115. The van der Waals surface area contributed by atoms with E-state index in [1.165, 1.54) is 0 Å². The lowest BCUT2D eigenvalue weighted by molar-refractivity contribution is -0.131. The Kier molecular flexibility index (Phi) is 5.33. The smallest absolute Gasteiger partial charge is 0.227 e. The fourth-order valence-electron chi connectivity index (χ4n) is 4.25. The van der Waals surface area contributed by atoms with Gasteiger partial charge in [0.2, 0.25) is 11.8 Å². The summed E-state index contributed by atoms with van der Waals surface area (Å²) in [5.74, 6) is 1.15. The van der Waals surface area contributed by atoms with Crippen molar-refractivity contribution < 1.29 is 14.3 Å². The molecule has 0 radical (unpaired) electrons. The molecule has 0 aliphatic carbocycles. The minimum Gasteiger partial charge on any atom is -0.497 e. The summed E-state index contributed by atoms with van der Waals surface area (Å²) < 4.78 is 5.34. The molecule has 0 N–H and O–H groups in total. The number of amides is 2. The molecule has 0 aromatic heterocycles. The molecule has 0 bridgehead atoms. The van der Waals surface area contributed by atoms with Crippen LogP contribution in [0.1, 0.15) is 42.9 Å². The first-order valence-electron chi connectivity index (χ1n) is 9.98. The Hall–Kier alpha value is -2.82. The number of ether oxygens (including phenoxy) is 1. The van der Waals surface area contributed by atoms with Gasteiger partial charge >= 0.3 is 0 Å². The van der Waals surface area contributed by atoms with Crippen molar-refractivity contribution in [3.05, 3.63) is 59.7 Å². The molecule has 2 amide bonds. The number of benzene rings is 2. The number of nitrogens with zero attached hydrogens (tertiary/aromatic N) is 2. The van der Waals surface area contributed by atoms with Crippen molar-refractivity contribution in [3.63, 3.8) is 0 Å². The average Bonchev–Trinajstić information content (AvgIpc) is 3.38. The average molecular weight is 378 g/mol. The lowest BCUT2D eigenvalue weighted by atomic mass is 10.0. The highest BCUT2D eigenvalue weighted by Crippen LogP contribution is 2.34. The molecule has 2 aromatic carbocycles. The zero-order valence-electron chi connectivity index (χ0n) is 16.3. The highest BCUT2D eigenvalue weighted by atomic mass is 16.5. The Morgan fingerprint density at radius 2 is 1.93 bits per heavy atom. The van der Waals surface area contributed by atoms with E-state index in [0.717, 1.165) is 54.9 Å². The van der Waals surface area contributed by atoms with Crippen molar-refractivity contribution in [2.24, 2.45) is 0 Å². The van der Waals surface area contributed by atoms with Gasteiger partial charge in [0, 0.05) is 25.2 Å². The quantitative estimate of drug-likeness (QED) is 0.797. The van der Waals surface area contributed by atoms with Crippen LogP contribution in [0.25, 0.3) is 0 Å². The van der Waals surface area contributed by atoms with Crippen LogP contribution in [0, 0.1) is 0 Å². The molecule has 2 aliphatic rings. The van der Waals surface area contributed by atoms with Gasteiger partial charge in [0.1, 0.15) is 5.75 Å². The van der Waals surface area contributed by atoms with E-state index < -0.39 is 0 Å². The molecule has 2 heterocycles. The van der Waals surface area contributed by atoms with Crippen LogP contribution >= 0.6 is 0 Å². The van der Waals surface area contributed by atoms with Crippen molar-refractivity contribution in [3.8, 4) is 5.75 Å². The van der Waals surface area contributed by atoms with Gasteiger partial charge in [-0.05, 0) is 54.7 Å². The van der Waals surface area contributed by atoms with Crippen LogP contribution in [-0.2, 0) is 16.0 Å². The van der Waals surface area contributed by atoms with E-state index in [2.05, 4.69) is 6.07 Å². The first-order chi connectivity index (χ1) is 13.7. The highest BCUT2D eigenvalue weighted by Gasteiger charge is 2.30. The molecule has 0 unspecified atom stereocenters. The summed E-state index contributed by atoms with van der Waals surface area (Å²) in [6.07, 6.45) is 3.92. The fourth-order valence-corrected chi connectivity index (χ4v) is 4.25. The normalized spacial score (nSPS) is 19.3. The zero-order valence-corrected chi connectivity index (χ0v) is 16.3. The van der Waals surface area contributed by atoms with Crippen molar-refractivity contribution in [2.75, 3.05) is 25.1 Å². The van der Waals surface area contributed by atoms with Gasteiger partial charge in [-0.2, -0.15) is 0 Å². The number of methoxy groups -OCH3 is 1. The van der Waals surface area contributed by atoms with Crippen LogP contribution in [-0.4, -0.2) is 36.9 Å². The minimum atomic E-state index is 0.115. The third kappa shape index (κ3) is 3.75. The van der Waals surface area contributed by atoms with Gasteiger partial charge in [-0.1, -0.05) is 24.3 Å². The summed E-state index contributed by atoms with van der Waals surface area (Å²) in [5.41, 5.74) is 3.04. The molecule has 28 heavy (non-hydrogen) atoms. The number of anilines is 1. The molecule has 2 aliphatic heterocycles. The number of hydrogen-bond acceptors (Lipinski definition) is 3. The molecule has 5 heteroatoms. The molecule has 0 spiro atoms. The van der Waals surface area contributed by atoms with Crippen LogP contribution < -0.4 is 9.64 Å². The largest absolute Gasteiger partial charge is 0.497 e. The number of carbonyl (C=O) groups is 2. The lowest BCUT2D eigenvalue weighted by Gasteiger charge is -2.25. The Balaban J connectivity index is 1.44. The first kappa shape index (κ1) is 18.5. The number of hydrogen-bond donors (Lipinski definition) is 0. The molecule has 2 saturated heterocycles. The van der Waals surface area contributed by atoms with Gasteiger partial charge in [-0.3, -0.25) is 9.59 Å². The second kappa shape index (κ2) is 8.05. The van der Waals surface area contributed by atoms with Crippen molar-refractivity contribution in [1.82, 2.24) is 4.90 Å². The summed E-state index contributed by atoms with van der Waals surface area (Å²) in [7, 11) is 1.66. The number of likely N-dealkylation sites (tertiary alicyclic amines) is 1. The van der Waals surface area contributed by atoms with E-state index in [4.69, 9.17) is 4.74 Å². The van der Waals surface area contributed by atoms with Gasteiger partial charge in [0.15, 0.2) is 0 Å². The van der Waals surface area contributed by atoms with Crippen LogP contribution in [0.3, 0.4) is 0 Å². The molecule has 0 saturated carbocycles. The molecule has 1 atom stereocenters. The van der Waals surface area contributed by atoms with Crippen LogP contribution in [0.5, 0.6) is 5.75 Å². The summed E-state index contributed by atoms with van der Waals surface area (Å²) in [4.78, 5) is 28.7. The lowest BCUT2D eigenvalue weighted by Crippen LogP contribution is -2.31. The third-order valence-electron chi connectivity index (χ3n) is 5.73. The maximum atomic E-state index is 13.0. The standard InChI is InChI=1S/C23H26N2O3/c1-28-20-6-2-5-18(16-20)21-7-3-14-25(21)23(27)15-17-9-11-19(12-10-17)24-13-4-8-22(24)26/h2,5-6,9-12,16,21H,3-4,7-8,13-15H2,1H3/t21-/m1/s1. The maximum absolute atomic E-state index is 13.0. The molecule has 146 valence electrons. The molecule has 5 nitrogen and oxygen atoms in total. The predicted molar refractivity (Wildman–Crippen MR) is 108 cm³/mol. The summed E-state index contributed by atoms with van der Waals surface area (Å²) in [6.45, 7) is 1.58. The molecular formula is C23H26N2O3. The fraction of sp³-hybridized carbons (Fsp3) is 0.391. The molecular weight excluding hydrogens is 352 g/mol. The van der Waals surface area contributed by atoms with Gasteiger partial charge in [-0.15, -0.1) is 0 Å². The third-order valence-corrected chi connectivity index (χ3v) is 5.73. The summed E-state index contributed by atoms with van der Waals surface area (Å²) in [6, 6.07) is 16.0. The van der Waals surface area contributed by atoms with E-state index in [1.807, 2.05) is 52.3 Å². The van der Waals surface area contributed by atoms with E-state index in [9.17, 15) is 9.59 Å². The van der Waals surface area contributed by atoms with Crippen molar-refractivity contribution >= 4 is 17.5 Å². The predicted octanol–water partition coefficient (Wildman–Crippen LogP) is 3.73. The Bertz CT molecular complexity index is 862. The van der Waals surface area contributed by atoms with Crippen LogP contribution in [0.4, 0.5) is 5.69 Å². The van der Waals surface area contributed by atoms with Crippen LogP contribution in [0.15, 0.2) is 48.5 Å². The molecule has 2 fully saturated rings. The molecule has 2 aromatic rings. The van der Waals surface area contributed by atoms with E-state index >= 15 is 0 Å². The first-order valence-corrected chi connectivity index (χ1v) is 9.98.